The van der Waals surface area contributed by atoms with Crippen LogP contribution in [-0.2, 0) is 11.2 Å². The summed E-state index contributed by atoms with van der Waals surface area (Å²) < 4.78 is 0. The molecule has 0 spiro atoms. The summed E-state index contributed by atoms with van der Waals surface area (Å²) in [4.78, 5) is 47.6. The fourth-order valence-corrected chi connectivity index (χ4v) is 5.78. The Balaban J connectivity index is 1.48. The number of carbonyl (C=O) groups is 3. The molecule has 7 nitrogen and oxygen atoms in total. The minimum atomic E-state index is -0.719. The van der Waals surface area contributed by atoms with E-state index < -0.39 is 18.1 Å². The molecule has 6 rings (SSSR count). The van der Waals surface area contributed by atoms with Gasteiger partial charge >= 0.3 is 6.03 Å². The normalized spacial score (nSPS) is 19.4. The van der Waals surface area contributed by atoms with Gasteiger partial charge in [-0.15, -0.1) is 0 Å². The number of carbonyl (C=O) groups excluding carboxylic acids is 3. The van der Waals surface area contributed by atoms with Gasteiger partial charge in [0.05, 0.1) is 11.3 Å². The summed E-state index contributed by atoms with van der Waals surface area (Å²) in [6.45, 7) is 3.90. The van der Waals surface area contributed by atoms with Crippen LogP contribution in [0, 0.1) is 0 Å². The van der Waals surface area contributed by atoms with E-state index in [0.29, 0.717) is 11.4 Å². The van der Waals surface area contributed by atoms with Gasteiger partial charge in [-0.2, -0.15) is 0 Å². The van der Waals surface area contributed by atoms with Crippen LogP contribution in [0.1, 0.15) is 53.5 Å². The standard InChI is InChI=1S/C30H27ClN4O3/c1-3-17(2)32-28(36)21-12-5-7-14-24(21)35-29(37)25-16-22-20-11-4-6-13-23(20)33-26(22)27(34(25)30(35)38)18-9-8-10-19(31)15-18/h4-15,17,25,27,33H,3,16H2,1-2H3,(H,32,36)/t17?,25-,27?/m0/s1. The first kappa shape index (κ1) is 24.2. The number of nitrogens with zero attached hydrogens (tertiary/aromatic N) is 2. The van der Waals surface area contributed by atoms with Crippen LogP contribution in [0.25, 0.3) is 10.9 Å². The van der Waals surface area contributed by atoms with Gasteiger partial charge in [-0.05, 0) is 54.8 Å². The van der Waals surface area contributed by atoms with E-state index in [9.17, 15) is 14.4 Å². The lowest BCUT2D eigenvalue weighted by molar-refractivity contribution is -0.120. The Bertz CT molecular complexity index is 1600. The molecule has 1 saturated heterocycles. The summed E-state index contributed by atoms with van der Waals surface area (Å²) in [6, 6.07) is 20.3. The molecule has 2 N–H and O–H groups in total. The summed E-state index contributed by atoms with van der Waals surface area (Å²) >= 11 is 6.38. The van der Waals surface area contributed by atoms with E-state index in [0.717, 1.165) is 34.1 Å². The molecule has 2 unspecified atom stereocenters. The highest BCUT2D eigenvalue weighted by Gasteiger charge is 2.53. The maximum Gasteiger partial charge on any atom is 0.332 e. The Kier molecular flexibility index (Phi) is 5.95. The maximum atomic E-state index is 14.1. The van der Waals surface area contributed by atoms with E-state index in [1.807, 2.05) is 56.3 Å². The van der Waals surface area contributed by atoms with Crippen molar-refractivity contribution >= 4 is 46.0 Å². The molecule has 0 bridgehead atoms. The quantitative estimate of drug-likeness (QED) is 0.321. The fraction of sp³-hybridized carbons (Fsp3) is 0.233. The number of para-hydroxylation sites is 2. The van der Waals surface area contributed by atoms with Crippen LogP contribution >= 0.6 is 11.6 Å². The minimum absolute atomic E-state index is 0.0441. The molecule has 0 radical (unpaired) electrons. The summed E-state index contributed by atoms with van der Waals surface area (Å²) in [7, 11) is 0. The summed E-state index contributed by atoms with van der Waals surface area (Å²) in [5, 5.41) is 4.53. The number of nitrogens with one attached hydrogen (secondary N) is 2. The number of amides is 4. The second kappa shape index (κ2) is 9.33. The Morgan fingerprint density at radius 3 is 2.63 bits per heavy atom. The first-order valence-corrected chi connectivity index (χ1v) is 13.2. The van der Waals surface area contributed by atoms with E-state index in [-0.39, 0.29) is 29.1 Å². The number of hydrogen-bond donors (Lipinski definition) is 2. The van der Waals surface area contributed by atoms with Gasteiger partial charge in [0.2, 0.25) is 0 Å². The van der Waals surface area contributed by atoms with Crippen LogP contribution < -0.4 is 10.2 Å². The molecule has 0 saturated carbocycles. The van der Waals surface area contributed by atoms with Crippen molar-refractivity contribution in [1.82, 2.24) is 15.2 Å². The third kappa shape index (κ3) is 3.77. The van der Waals surface area contributed by atoms with Crippen molar-refractivity contribution in [3.05, 3.63) is 100 Å². The Labute approximate surface area is 225 Å². The number of anilines is 1. The van der Waals surface area contributed by atoms with Crippen LogP contribution in [0.4, 0.5) is 10.5 Å². The number of aromatic nitrogens is 1. The third-order valence-electron chi connectivity index (χ3n) is 7.59. The number of H-pyrrole nitrogens is 1. The second-order valence-electron chi connectivity index (χ2n) is 9.90. The predicted molar refractivity (Wildman–Crippen MR) is 147 cm³/mol. The second-order valence-corrected chi connectivity index (χ2v) is 10.3. The van der Waals surface area contributed by atoms with Gasteiger partial charge in [-0.25, -0.2) is 9.69 Å². The first-order chi connectivity index (χ1) is 18.4. The van der Waals surface area contributed by atoms with Crippen LogP contribution in [0.15, 0.2) is 72.8 Å². The van der Waals surface area contributed by atoms with Crippen LogP contribution in [-0.4, -0.2) is 39.8 Å². The summed E-state index contributed by atoms with van der Waals surface area (Å²) in [5.41, 5.74) is 4.22. The van der Waals surface area contributed by atoms with Crippen LogP contribution in [0.2, 0.25) is 5.02 Å². The number of fused-ring (bicyclic) bond motifs is 4. The van der Waals surface area contributed by atoms with E-state index in [4.69, 9.17) is 11.6 Å². The lowest BCUT2D eigenvalue weighted by Crippen LogP contribution is -2.44. The number of aromatic amines is 1. The van der Waals surface area contributed by atoms with E-state index >= 15 is 0 Å². The zero-order valence-electron chi connectivity index (χ0n) is 21.1. The molecule has 4 amide bonds. The fourth-order valence-electron chi connectivity index (χ4n) is 5.58. The van der Waals surface area contributed by atoms with Crippen molar-refractivity contribution in [1.29, 1.82) is 0 Å². The molecule has 2 aliphatic heterocycles. The lowest BCUT2D eigenvalue weighted by atomic mass is 9.89. The zero-order valence-corrected chi connectivity index (χ0v) is 21.8. The molecule has 38 heavy (non-hydrogen) atoms. The third-order valence-corrected chi connectivity index (χ3v) is 7.83. The number of hydrogen-bond acceptors (Lipinski definition) is 3. The lowest BCUT2D eigenvalue weighted by Gasteiger charge is -2.36. The van der Waals surface area contributed by atoms with Crippen molar-refractivity contribution in [2.75, 3.05) is 4.90 Å². The van der Waals surface area contributed by atoms with Crippen molar-refractivity contribution in [2.24, 2.45) is 0 Å². The van der Waals surface area contributed by atoms with Gasteiger partial charge < -0.3 is 10.3 Å². The maximum absolute atomic E-state index is 14.1. The highest BCUT2D eigenvalue weighted by atomic mass is 35.5. The molecule has 3 atom stereocenters. The van der Waals surface area contributed by atoms with Crippen molar-refractivity contribution < 1.29 is 14.4 Å². The van der Waals surface area contributed by atoms with E-state index in [2.05, 4.69) is 10.3 Å². The number of benzene rings is 3. The Morgan fingerprint density at radius 1 is 1.08 bits per heavy atom. The molecule has 192 valence electrons. The first-order valence-electron chi connectivity index (χ1n) is 12.8. The molecule has 3 aromatic carbocycles. The summed E-state index contributed by atoms with van der Waals surface area (Å²) in [5.74, 6) is -0.662. The average molecular weight is 527 g/mol. The van der Waals surface area contributed by atoms with Crippen molar-refractivity contribution in [2.45, 2.75) is 44.8 Å². The largest absolute Gasteiger partial charge is 0.356 e. The van der Waals surface area contributed by atoms with E-state index in [1.165, 1.54) is 4.90 Å². The molecule has 1 aromatic heterocycles. The highest BCUT2D eigenvalue weighted by Crippen LogP contribution is 2.45. The number of rotatable bonds is 5. The Hall–Kier alpha value is -4.10. The van der Waals surface area contributed by atoms with Gasteiger partial charge in [0.25, 0.3) is 11.8 Å². The smallest absolute Gasteiger partial charge is 0.332 e. The van der Waals surface area contributed by atoms with Crippen molar-refractivity contribution in [3.8, 4) is 0 Å². The van der Waals surface area contributed by atoms with Gasteiger partial charge in [0, 0.05) is 34.1 Å². The van der Waals surface area contributed by atoms with Crippen LogP contribution in [0.3, 0.4) is 0 Å². The van der Waals surface area contributed by atoms with Gasteiger partial charge in [-0.3, -0.25) is 14.5 Å². The summed E-state index contributed by atoms with van der Waals surface area (Å²) in [6.07, 6.45) is 1.14. The topological polar surface area (TPSA) is 85.5 Å². The number of imide groups is 1. The molecular formula is C30H27ClN4O3. The van der Waals surface area contributed by atoms with Crippen LogP contribution in [0.5, 0.6) is 0 Å². The number of urea groups is 1. The molecule has 0 aliphatic carbocycles. The predicted octanol–water partition coefficient (Wildman–Crippen LogP) is 5.83. The number of halogens is 1. The monoisotopic (exact) mass is 526 g/mol. The molecule has 3 heterocycles. The molecule has 1 fully saturated rings. The van der Waals surface area contributed by atoms with Gasteiger partial charge in [-0.1, -0.05) is 61.0 Å². The van der Waals surface area contributed by atoms with Gasteiger partial charge in [0.1, 0.15) is 12.1 Å². The molecular weight excluding hydrogens is 500 g/mol. The van der Waals surface area contributed by atoms with Gasteiger partial charge in [0.15, 0.2) is 0 Å². The SMILES string of the molecule is CCC(C)NC(=O)c1ccccc1N1C(=O)[C@@H]2Cc3c([nH]c4ccccc34)C(c3cccc(Cl)c3)N2C1=O. The van der Waals surface area contributed by atoms with E-state index in [1.54, 1.807) is 35.2 Å². The minimum Gasteiger partial charge on any atom is -0.356 e. The Morgan fingerprint density at radius 2 is 1.84 bits per heavy atom. The average Bonchev–Trinajstić information content (AvgIpc) is 3.41. The molecule has 8 heteroatoms. The highest BCUT2D eigenvalue weighted by molar-refractivity contribution is 6.30. The molecule has 2 aliphatic rings. The molecule has 4 aromatic rings. The van der Waals surface area contributed by atoms with Crippen molar-refractivity contribution in [3.63, 3.8) is 0 Å². The zero-order chi connectivity index (χ0) is 26.6.